The minimum absolute atomic E-state index is 0.575. The van der Waals surface area contributed by atoms with E-state index in [0.29, 0.717) is 17.6 Å². The molecule has 0 aromatic heterocycles. The molecule has 0 radical (unpaired) electrons. The Kier molecular flexibility index (Phi) is 3.13. The van der Waals surface area contributed by atoms with Gasteiger partial charge in [0.05, 0.1) is 6.10 Å². The summed E-state index contributed by atoms with van der Waals surface area (Å²) in [5, 5.41) is 3.57. The molecule has 0 aromatic carbocycles. The highest BCUT2D eigenvalue weighted by atomic mass is 16.5. The van der Waals surface area contributed by atoms with Crippen molar-refractivity contribution in [1.29, 1.82) is 0 Å². The van der Waals surface area contributed by atoms with Crippen LogP contribution < -0.4 is 5.32 Å². The van der Waals surface area contributed by atoms with E-state index >= 15 is 0 Å². The molecule has 2 nitrogen and oxygen atoms in total. The third-order valence-corrected chi connectivity index (χ3v) is 3.53. The first-order valence-corrected chi connectivity index (χ1v) is 6.05. The van der Waals surface area contributed by atoms with Crippen LogP contribution >= 0.6 is 0 Å². The molecule has 0 aromatic rings. The van der Waals surface area contributed by atoms with Crippen molar-refractivity contribution < 1.29 is 4.74 Å². The molecule has 14 heavy (non-hydrogen) atoms. The molecule has 1 saturated heterocycles. The molecule has 1 atom stereocenters. The fourth-order valence-corrected chi connectivity index (χ4v) is 2.34. The summed E-state index contributed by atoms with van der Waals surface area (Å²) in [6.07, 6.45) is 7.26. The molecular weight excluding hydrogens is 174 g/mol. The Morgan fingerprint density at radius 1 is 1.43 bits per heavy atom. The minimum atomic E-state index is 0.575. The van der Waals surface area contributed by atoms with Crippen LogP contribution in [0.4, 0.5) is 0 Å². The van der Waals surface area contributed by atoms with Crippen LogP contribution in [0, 0.1) is 5.41 Å². The van der Waals surface area contributed by atoms with E-state index in [9.17, 15) is 0 Å². The summed E-state index contributed by atoms with van der Waals surface area (Å²) in [5.41, 5.74) is 0.610. The fraction of sp³-hybridized carbons (Fsp3) is 1.00. The molecule has 1 N–H and O–H groups in total. The van der Waals surface area contributed by atoms with Gasteiger partial charge in [-0.05, 0) is 37.5 Å². The predicted octanol–water partition coefficient (Wildman–Crippen LogP) is 2.33. The second-order valence-corrected chi connectivity index (χ2v) is 5.37. The van der Waals surface area contributed by atoms with Crippen LogP contribution in [0.5, 0.6) is 0 Å². The molecule has 2 aliphatic rings. The lowest BCUT2D eigenvalue weighted by Crippen LogP contribution is -2.31. The van der Waals surface area contributed by atoms with E-state index in [1.54, 1.807) is 0 Å². The Bertz CT molecular complexity index is 181. The van der Waals surface area contributed by atoms with Crippen LogP contribution in [0.15, 0.2) is 0 Å². The summed E-state index contributed by atoms with van der Waals surface area (Å²) < 4.78 is 5.71. The molecule has 2 fully saturated rings. The topological polar surface area (TPSA) is 21.3 Å². The molecule has 1 unspecified atom stereocenters. The van der Waals surface area contributed by atoms with Crippen molar-refractivity contribution in [1.82, 2.24) is 5.32 Å². The van der Waals surface area contributed by atoms with Gasteiger partial charge >= 0.3 is 0 Å². The van der Waals surface area contributed by atoms with Crippen LogP contribution in [0.2, 0.25) is 0 Å². The molecule has 2 rings (SSSR count). The third-order valence-electron chi connectivity index (χ3n) is 3.53. The molecule has 1 heterocycles. The number of rotatable bonds is 5. The Morgan fingerprint density at radius 3 is 2.71 bits per heavy atom. The summed E-state index contributed by atoms with van der Waals surface area (Å²) in [5.74, 6) is 0. The first kappa shape index (κ1) is 10.4. The van der Waals surface area contributed by atoms with E-state index in [1.165, 1.54) is 38.6 Å². The van der Waals surface area contributed by atoms with Gasteiger partial charge in [-0.2, -0.15) is 0 Å². The molecule has 2 heteroatoms. The van der Waals surface area contributed by atoms with Crippen molar-refractivity contribution in [3.05, 3.63) is 0 Å². The van der Waals surface area contributed by atoms with E-state index < -0.39 is 0 Å². The smallest absolute Gasteiger partial charge is 0.0581 e. The summed E-state index contributed by atoms with van der Waals surface area (Å²) in [4.78, 5) is 0. The lowest BCUT2D eigenvalue weighted by atomic mass is 9.96. The largest absolute Gasteiger partial charge is 0.378 e. The van der Waals surface area contributed by atoms with Gasteiger partial charge in [-0.15, -0.1) is 0 Å². The lowest BCUT2D eigenvalue weighted by molar-refractivity contribution is 0.0848. The summed E-state index contributed by atoms with van der Waals surface area (Å²) in [6, 6.07) is 0.622. The fourth-order valence-electron chi connectivity index (χ4n) is 2.34. The van der Waals surface area contributed by atoms with E-state index in [0.717, 1.165) is 6.61 Å². The summed E-state index contributed by atoms with van der Waals surface area (Å²) >= 11 is 0. The van der Waals surface area contributed by atoms with Crippen molar-refractivity contribution in [2.24, 2.45) is 5.41 Å². The Morgan fingerprint density at radius 2 is 2.21 bits per heavy atom. The second kappa shape index (κ2) is 4.19. The molecular formula is C12H23NO. The van der Waals surface area contributed by atoms with Crippen LogP contribution in [0.25, 0.3) is 0 Å². The number of hydrogen-bond donors (Lipinski definition) is 1. The molecule has 1 aliphatic heterocycles. The van der Waals surface area contributed by atoms with Crippen molar-refractivity contribution in [3.8, 4) is 0 Å². The van der Waals surface area contributed by atoms with E-state index in [2.05, 4.69) is 19.2 Å². The molecule has 1 saturated carbocycles. The van der Waals surface area contributed by atoms with Crippen molar-refractivity contribution >= 4 is 0 Å². The minimum Gasteiger partial charge on any atom is -0.378 e. The summed E-state index contributed by atoms with van der Waals surface area (Å²) in [7, 11) is 0. The van der Waals surface area contributed by atoms with Gasteiger partial charge in [0.2, 0.25) is 0 Å². The monoisotopic (exact) mass is 197 g/mol. The zero-order valence-corrected chi connectivity index (χ0v) is 9.51. The number of nitrogens with one attached hydrogen (secondary N) is 1. The first-order chi connectivity index (χ1) is 6.70. The molecule has 1 aliphatic carbocycles. The van der Waals surface area contributed by atoms with Gasteiger partial charge in [-0.25, -0.2) is 0 Å². The molecule has 0 amide bonds. The Labute approximate surface area is 87.4 Å². The van der Waals surface area contributed by atoms with E-state index in [1.807, 2.05) is 0 Å². The van der Waals surface area contributed by atoms with Crippen LogP contribution in [-0.2, 0) is 4.74 Å². The van der Waals surface area contributed by atoms with Gasteiger partial charge in [0.25, 0.3) is 0 Å². The third kappa shape index (κ3) is 2.71. The van der Waals surface area contributed by atoms with Crippen LogP contribution in [0.1, 0.15) is 46.0 Å². The number of ether oxygens (including phenoxy) is 1. The van der Waals surface area contributed by atoms with Gasteiger partial charge in [-0.1, -0.05) is 13.8 Å². The quantitative estimate of drug-likeness (QED) is 0.730. The Hall–Kier alpha value is -0.0800. The van der Waals surface area contributed by atoms with E-state index in [4.69, 9.17) is 4.74 Å². The highest BCUT2D eigenvalue weighted by Crippen LogP contribution is 2.50. The summed E-state index contributed by atoms with van der Waals surface area (Å²) in [6.45, 7) is 6.65. The predicted molar refractivity (Wildman–Crippen MR) is 58.4 cm³/mol. The second-order valence-electron chi connectivity index (χ2n) is 5.37. The lowest BCUT2D eigenvalue weighted by Gasteiger charge is -2.21. The van der Waals surface area contributed by atoms with Gasteiger partial charge in [0.15, 0.2) is 0 Å². The highest BCUT2D eigenvalue weighted by molar-refractivity contribution is 4.97. The maximum absolute atomic E-state index is 5.71. The maximum Gasteiger partial charge on any atom is 0.0581 e. The van der Waals surface area contributed by atoms with E-state index in [-0.39, 0.29) is 0 Å². The maximum atomic E-state index is 5.71. The molecule has 0 spiro atoms. The molecule has 82 valence electrons. The highest BCUT2D eigenvalue weighted by Gasteiger charge is 2.44. The average molecular weight is 197 g/mol. The van der Waals surface area contributed by atoms with Crippen molar-refractivity contribution in [2.75, 3.05) is 13.2 Å². The van der Waals surface area contributed by atoms with Gasteiger partial charge < -0.3 is 10.1 Å². The molecule has 0 bridgehead atoms. The average Bonchev–Trinajstić information content (AvgIpc) is 2.70. The normalized spacial score (nSPS) is 29.8. The van der Waals surface area contributed by atoms with Gasteiger partial charge in [0.1, 0.15) is 0 Å². The number of hydrogen-bond acceptors (Lipinski definition) is 2. The van der Waals surface area contributed by atoms with Gasteiger partial charge in [0, 0.05) is 19.2 Å². The zero-order chi connectivity index (χ0) is 10.0. The zero-order valence-electron chi connectivity index (χ0n) is 9.51. The van der Waals surface area contributed by atoms with Crippen molar-refractivity contribution in [2.45, 2.75) is 58.1 Å². The SMILES string of the molecule is CC(C)NCC1(CC2CCCO2)CC1. The van der Waals surface area contributed by atoms with Crippen LogP contribution in [-0.4, -0.2) is 25.3 Å². The first-order valence-electron chi connectivity index (χ1n) is 6.05. The van der Waals surface area contributed by atoms with Crippen molar-refractivity contribution in [3.63, 3.8) is 0 Å². The van der Waals surface area contributed by atoms with Crippen LogP contribution in [0.3, 0.4) is 0 Å². The Balaban J connectivity index is 1.72. The van der Waals surface area contributed by atoms with Gasteiger partial charge in [-0.3, -0.25) is 0 Å². The standard InChI is InChI=1S/C12H23NO/c1-10(2)13-9-12(5-6-12)8-11-4-3-7-14-11/h10-11,13H,3-9H2,1-2H3.